The first-order valence-corrected chi connectivity index (χ1v) is 7.78. The normalized spacial score (nSPS) is 12.6. The zero-order chi connectivity index (χ0) is 17.7. The van der Waals surface area contributed by atoms with Crippen molar-refractivity contribution in [2.75, 3.05) is 0 Å². The van der Waals surface area contributed by atoms with Crippen LogP contribution in [0.3, 0.4) is 0 Å². The number of esters is 1. The van der Waals surface area contributed by atoms with E-state index in [1.165, 1.54) is 17.7 Å². The molecule has 0 spiro atoms. The smallest absolute Gasteiger partial charge is 0.318 e. The molecular weight excluding hydrogens is 288 g/mol. The largest absolute Gasteiger partial charge is 0.426 e. The van der Waals surface area contributed by atoms with Gasteiger partial charge >= 0.3 is 5.97 Å². The summed E-state index contributed by atoms with van der Waals surface area (Å²) in [5.41, 5.74) is 2.34. The van der Waals surface area contributed by atoms with Crippen LogP contribution >= 0.6 is 0 Å². The zero-order valence-corrected chi connectivity index (χ0v) is 13.7. The first kappa shape index (κ1) is 15.5. The summed E-state index contributed by atoms with van der Waals surface area (Å²) >= 11 is 0. The van der Waals surface area contributed by atoms with Crippen LogP contribution in [-0.4, -0.2) is 12.2 Å². The van der Waals surface area contributed by atoms with Gasteiger partial charge in [-0.1, -0.05) is 50.2 Å². The molecule has 0 radical (unpaired) electrons. The van der Waals surface area contributed by atoms with Gasteiger partial charge in [0.15, 0.2) is 0 Å². The fraction of sp³-hybridized carbons (Fsp3) is 0.300. The van der Waals surface area contributed by atoms with Crippen molar-refractivity contribution in [2.45, 2.75) is 33.1 Å². The summed E-state index contributed by atoms with van der Waals surface area (Å²) in [5.74, 6) is 0.0706. The predicted molar refractivity (Wildman–Crippen MR) is 90.9 cm³/mol. The second kappa shape index (κ2) is 7.73. The van der Waals surface area contributed by atoms with E-state index in [2.05, 4.69) is 13.8 Å². The topological polar surface area (TPSA) is 43.4 Å². The van der Waals surface area contributed by atoms with Gasteiger partial charge in [-0.15, -0.1) is 0 Å². The number of ether oxygens (including phenoxy) is 1. The zero-order valence-electron chi connectivity index (χ0n) is 14.7. The van der Waals surface area contributed by atoms with Crippen molar-refractivity contribution in [3.8, 4) is 5.75 Å². The Labute approximate surface area is 138 Å². The maximum Gasteiger partial charge on any atom is 0.318 e. The second-order valence-electron chi connectivity index (χ2n) is 6.11. The number of hydrogen-bond acceptors (Lipinski definition) is 3. The third kappa shape index (κ3) is 4.78. The highest BCUT2D eigenvalue weighted by Crippen LogP contribution is 2.21. The second-order valence-corrected chi connectivity index (χ2v) is 6.11. The number of benzene rings is 2. The molecule has 0 heterocycles. The predicted octanol–water partition coefficient (Wildman–Crippen LogP) is 4.41. The van der Waals surface area contributed by atoms with Gasteiger partial charge in [-0.3, -0.25) is 9.59 Å². The Morgan fingerprint density at radius 3 is 2.48 bits per heavy atom. The summed E-state index contributed by atoms with van der Waals surface area (Å²) in [6, 6.07) is 14.1. The van der Waals surface area contributed by atoms with Gasteiger partial charge < -0.3 is 4.74 Å². The van der Waals surface area contributed by atoms with Crippen molar-refractivity contribution in [2.24, 2.45) is 5.92 Å². The van der Waals surface area contributed by atoms with Crippen LogP contribution in [0.25, 0.3) is 0 Å². The molecule has 0 aliphatic rings. The number of rotatable bonds is 6. The number of hydrogen-bond donors (Lipinski definition) is 0. The molecule has 3 nitrogen and oxygen atoms in total. The van der Waals surface area contributed by atoms with Crippen molar-refractivity contribution >= 4 is 12.2 Å². The molecule has 0 amide bonds. The Hall–Kier alpha value is -2.42. The Morgan fingerprint density at radius 1 is 1.17 bits per heavy atom. The summed E-state index contributed by atoms with van der Waals surface area (Å²) < 4.78 is 12.4. The van der Waals surface area contributed by atoms with Crippen molar-refractivity contribution < 1.29 is 15.7 Å². The van der Waals surface area contributed by atoms with Gasteiger partial charge in [-0.05, 0) is 42.5 Å². The highest BCUT2D eigenvalue weighted by atomic mass is 16.5. The first-order chi connectivity index (χ1) is 11.4. The molecule has 0 fully saturated rings. The van der Waals surface area contributed by atoms with Crippen molar-refractivity contribution in [3.63, 3.8) is 0 Å². The molecule has 1 atom stereocenters. The molecule has 3 heteroatoms. The molecule has 2 aromatic carbocycles. The maximum absolute atomic E-state index is 12.3. The van der Waals surface area contributed by atoms with Crippen LogP contribution in [-0.2, 0) is 11.2 Å². The average Bonchev–Trinajstić information content (AvgIpc) is 2.54. The Morgan fingerprint density at radius 2 is 1.87 bits per heavy atom. The quantitative estimate of drug-likeness (QED) is 0.451. The standard InChI is InChI=1S/C20H22O3/c1-14(2)11-16-7-9-18(10-8-16)15(3)20(22)23-19-6-4-5-17(12-19)13-21/h4-10,12-15H,11H2,1-3H3/i13D. The highest BCUT2D eigenvalue weighted by molar-refractivity contribution is 5.81. The lowest BCUT2D eigenvalue weighted by molar-refractivity contribution is -0.135. The molecule has 0 aliphatic heterocycles. The van der Waals surface area contributed by atoms with Crippen LogP contribution in [0.2, 0.25) is 0 Å². The summed E-state index contributed by atoms with van der Waals surface area (Å²) in [5, 5.41) is 0. The Balaban J connectivity index is 2.06. The monoisotopic (exact) mass is 311 g/mol. The van der Waals surface area contributed by atoms with Crippen LogP contribution in [0.1, 0.15) is 49.5 Å². The van der Waals surface area contributed by atoms with Crippen LogP contribution < -0.4 is 4.74 Å². The third-order valence-electron chi connectivity index (χ3n) is 3.65. The minimum atomic E-state index is -0.804. The molecule has 0 aliphatic carbocycles. The summed E-state index contributed by atoms with van der Waals surface area (Å²) in [6.45, 7) is 6.13. The minimum Gasteiger partial charge on any atom is -0.426 e. The summed E-state index contributed by atoms with van der Waals surface area (Å²) in [6.07, 6.45) is 0.203. The number of carbonyl (C=O) groups is 2. The van der Waals surface area contributed by atoms with E-state index in [4.69, 9.17) is 6.11 Å². The van der Waals surface area contributed by atoms with Crippen molar-refractivity contribution in [1.82, 2.24) is 0 Å². The van der Waals surface area contributed by atoms with Crippen LogP contribution in [0.4, 0.5) is 0 Å². The lowest BCUT2D eigenvalue weighted by atomic mass is 9.97. The first-order valence-electron chi connectivity index (χ1n) is 8.28. The van der Waals surface area contributed by atoms with Crippen molar-refractivity contribution in [1.29, 1.82) is 0 Å². The van der Waals surface area contributed by atoms with Gasteiger partial charge in [-0.25, -0.2) is 0 Å². The molecular formula is C20H22O3. The van der Waals surface area contributed by atoms with Crippen molar-refractivity contribution in [3.05, 3.63) is 65.2 Å². The molecule has 0 aromatic heterocycles. The summed E-state index contributed by atoms with van der Waals surface area (Å²) in [7, 11) is 0. The molecule has 0 N–H and O–H groups in total. The highest BCUT2D eigenvalue weighted by Gasteiger charge is 2.17. The molecule has 1 unspecified atom stereocenters. The fourth-order valence-electron chi connectivity index (χ4n) is 2.38. The van der Waals surface area contributed by atoms with Gasteiger partial charge in [0.05, 0.1) is 5.92 Å². The molecule has 23 heavy (non-hydrogen) atoms. The van der Waals surface area contributed by atoms with Crippen LogP contribution in [0.15, 0.2) is 48.5 Å². The van der Waals surface area contributed by atoms with Gasteiger partial charge in [-0.2, -0.15) is 0 Å². The van der Waals surface area contributed by atoms with Gasteiger partial charge in [0.1, 0.15) is 13.4 Å². The molecule has 0 bridgehead atoms. The van der Waals surface area contributed by atoms with E-state index in [9.17, 15) is 9.59 Å². The lowest BCUT2D eigenvalue weighted by Gasteiger charge is -2.13. The minimum absolute atomic E-state index is 0.200. The Bertz CT molecular complexity index is 720. The van der Waals surface area contributed by atoms with E-state index in [-0.39, 0.29) is 17.3 Å². The van der Waals surface area contributed by atoms with E-state index in [0.29, 0.717) is 5.92 Å². The summed E-state index contributed by atoms with van der Waals surface area (Å²) in [4.78, 5) is 23.4. The van der Waals surface area contributed by atoms with Crippen LogP contribution in [0, 0.1) is 5.92 Å². The van der Waals surface area contributed by atoms with E-state index in [1.54, 1.807) is 19.1 Å². The fourth-order valence-corrected chi connectivity index (χ4v) is 2.38. The number of carbonyl (C=O) groups excluding carboxylic acids is 2. The molecule has 120 valence electrons. The lowest BCUT2D eigenvalue weighted by Crippen LogP contribution is -2.16. The van der Waals surface area contributed by atoms with Crippen LogP contribution in [0.5, 0.6) is 5.75 Å². The van der Waals surface area contributed by atoms with Gasteiger partial charge in [0, 0.05) is 5.56 Å². The molecule has 0 saturated heterocycles. The SMILES string of the molecule is [2H]C(=O)c1cccc(OC(=O)C(C)c2ccc(CC(C)C)cc2)c1. The van der Waals surface area contributed by atoms with Gasteiger partial charge in [0.25, 0.3) is 0 Å². The molecule has 0 saturated carbocycles. The average molecular weight is 311 g/mol. The van der Waals surface area contributed by atoms with Gasteiger partial charge in [0.2, 0.25) is 0 Å². The van der Waals surface area contributed by atoms with E-state index in [0.717, 1.165) is 12.0 Å². The van der Waals surface area contributed by atoms with E-state index < -0.39 is 12.2 Å². The Kier molecular flexibility index (Phi) is 5.20. The van der Waals surface area contributed by atoms with E-state index in [1.807, 2.05) is 24.3 Å². The number of aldehydes is 1. The molecule has 2 aromatic rings. The van der Waals surface area contributed by atoms with E-state index >= 15 is 0 Å². The third-order valence-corrected chi connectivity index (χ3v) is 3.65. The molecule has 2 rings (SSSR count). The maximum atomic E-state index is 12.3.